The maximum atomic E-state index is 13.7. The molecule has 2 aliphatic heterocycles. The number of para-hydroxylation sites is 1. The van der Waals surface area contributed by atoms with Crippen LogP contribution < -0.4 is 9.64 Å². The number of cyclic esters (lactones) is 1. The van der Waals surface area contributed by atoms with Gasteiger partial charge in [-0.05, 0) is 56.0 Å². The lowest BCUT2D eigenvalue weighted by molar-refractivity contribution is -0.162. The summed E-state index contributed by atoms with van der Waals surface area (Å²) in [5.41, 5.74) is 2.65. The molecule has 37 heavy (non-hydrogen) atoms. The number of hydrogen-bond donors (Lipinski definition) is 0. The minimum Gasteiger partial charge on any atom is -0.494 e. The highest BCUT2D eigenvalue weighted by atomic mass is 16.8. The Balaban J connectivity index is 1.41. The van der Waals surface area contributed by atoms with Gasteiger partial charge in [-0.2, -0.15) is 5.26 Å². The number of carbonyl (C=O) groups excluding carboxylic acids is 2. The number of nitrogens with zero attached hydrogens (tertiary/aromatic N) is 3. The molecule has 2 aliphatic rings. The predicted octanol–water partition coefficient (Wildman–Crippen LogP) is 3.92. The van der Waals surface area contributed by atoms with E-state index in [0.29, 0.717) is 44.8 Å². The van der Waals surface area contributed by atoms with Gasteiger partial charge in [0, 0.05) is 40.0 Å². The van der Waals surface area contributed by atoms with E-state index in [4.69, 9.17) is 14.2 Å². The molecule has 2 unspecified atom stereocenters. The van der Waals surface area contributed by atoms with Crippen LogP contribution in [0.5, 0.6) is 5.75 Å². The van der Waals surface area contributed by atoms with E-state index >= 15 is 0 Å². The van der Waals surface area contributed by atoms with Crippen LogP contribution >= 0.6 is 0 Å². The highest BCUT2D eigenvalue weighted by Crippen LogP contribution is 2.32. The Kier molecular flexibility index (Phi) is 8.34. The molecule has 0 radical (unpaired) electrons. The number of piperazine rings is 1. The molecule has 4 rings (SSSR count). The van der Waals surface area contributed by atoms with E-state index in [2.05, 4.69) is 11.0 Å². The molecular weight excluding hydrogens is 470 g/mol. The monoisotopic (exact) mass is 505 g/mol. The zero-order chi connectivity index (χ0) is 26.4. The van der Waals surface area contributed by atoms with Gasteiger partial charge in [-0.1, -0.05) is 24.3 Å². The molecule has 0 spiro atoms. The molecule has 0 aliphatic carbocycles. The van der Waals surface area contributed by atoms with Crippen LogP contribution in [0.25, 0.3) is 0 Å². The van der Waals surface area contributed by atoms with Gasteiger partial charge in [0.1, 0.15) is 11.8 Å². The number of aryl methyl sites for hydroxylation is 1. The molecule has 1 amide bonds. The van der Waals surface area contributed by atoms with Gasteiger partial charge in [0.2, 0.25) is 11.7 Å². The first kappa shape index (κ1) is 26.5. The number of anilines is 1. The zero-order valence-electron chi connectivity index (χ0n) is 21.8. The van der Waals surface area contributed by atoms with Crippen molar-refractivity contribution in [1.29, 1.82) is 5.26 Å². The fourth-order valence-corrected chi connectivity index (χ4v) is 5.02. The van der Waals surface area contributed by atoms with Crippen LogP contribution in [-0.4, -0.2) is 61.5 Å². The summed E-state index contributed by atoms with van der Waals surface area (Å²) < 4.78 is 16.8. The van der Waals surface area contributed by atoms with E-state index in [1.54, 1.807) is 19.9 Å². The first-order valence-corrected chi connectivity index (χ1v) is 13.0. The number of hydrogen-bond acceptors (Lipinski definition) is 7. The van der Waals surface area contributed by atoms with Gasteiger partial charge in [0.15, 0.2) is 6.10 Å². The predicted molar refractivity (Wildman–Crippen MR) is 139 cm³/mol. The average Bonchev–Trinajstić information content (AvgIpc) is 3.19. The Hall–Kier alpha value is -3.57. The van der Waals surface area contributed by atoms with E-state index in [9.17, 15) is 14.9 Å². The van der Waals surface area contributed by atoms with Crippen molar-refractivity contribution in [2.45, 2.75) is 51.9 Å². The SMILES string of the molecule is CCOc1ccc(CCCC(C(=O)N2CCN(c3ccccc3C#N)CC2)C2OC(C)(C)OC2=O)cc1. The summed E-state index contributed by atoms with van der Waals surface area (Å²) in [7, 11) is 0. The lowest BCUT2D eigenvalue weighted by atomic mass is 9.92. The molecule has 0 aromatic heterocycles. The minimum atomic E-state index is -1.05. The molecule has 0 saturated carbocycles. The molecule has 2 fully saturated rings. The van der Waals surface area contributed by atoms with Gasteiger partial charge in [-0.15, -0.1) is 0 Å². The zero-order valence-corrected chi connectivity index (χ0v) is 21.8. The number of rotatable bonds is 9. The molecule has 8 heteroatoms. The molecular formula is C29H35N3O5. The number of nitriles is 1. The maximum Gasteiger partial charge on any atom is 0.338 e. The van der Waals surface area contributed by atoms with Crippen molar-refractivity contribution in [1.82, 2.24) is 4.90 Å². The molecule has 2 aromatic rings. The molecule has 2 atom stereocenters. The summed E-state index contributed by atoms with van der Waals surface area (Å²) in [5.74, 6) is -1.39. The quantitative estimate of drug-likeness (QED) is 0.477. The van der Waals surface area contributed by atoms with Crippen molar-refractivity contribution in [3.8, 4) is 11.8 Å². The van der Waals surface area contributed by atoms with Crippen LogP contribution in [-0.2, 0) is 25.5 Å². The molecule has 2 saturated heterocycles. The number of amides is 1. The van der Waals surface area contributed by atoms with Crippen molar-refractivity contribution >= 4 is 17.6 Å². The Morgan fingerprint density at radius 2 is 1.84 bits per heavy atom. The lowest BCUT2D eigenvalue weighted by Gasteiger charge is -2.38. The van der Waals surface area contributed by atoms with Crippen LogP contribution in [0.4, 0.5) is 5.69 Å². The first-order chi connectivity index (χ1) is 17.8. The van der Waals surface area contributed by atoms with Gasteiger partial charge in [0.25, 0.3) is 0 Å². The third-order valence-corrected chi connectivity index (χ3v) is 6.84. The molecule has 2 aromatic carbocycles. The number of esters is 1. The Bertz CT molecular complexity index is 1130. The maximum absolute atomic E-state index is 13.7. The lowest BCUT2D eigenvalue weighted by Crippen LogP contribution is -2.52. The Labute approximate surface area is 218 Å². The highest BCUT2D eigenvalue weighted by molar-refractivity contribution is 5.88. The summed E-state index contributed by atoms with van der Waals surface area (Å²) in [6.45, 7) is 8.22. The minimum absolute atomic E-state index is 0.0837. The fraction of sp³-hybridized carbons (Fsp3) is 0.483. The fourth-order valence-electron chi connectivity index (χ4n) is 5.02. The van der Waals surface area contributed by atoms with E-state index in [1.807, 2.05) is 54.3 Å². The second-order valence-electron chi connectivity index (χ2n) is 9.88. The average molecular weight is 506 g/mol. The summed E-state index contributed by atoms with van der Waals surface area (Å²) in [5, 5.41) is 9.45. The third kappa shape index (κ3) is 6.41. The van der Waals surface area contributed by atoms with Crippen molar-refractivity contribution in [3.63, 3.8) is 0 Å². The Morgan fingerprint density at radius 1 is 1.14 bits per heavy atom. The van der Waals surface area contributed by atoms with Crippen LogP contribution in [0.15, 0.2) is 48.5 Å². The van der Waals surface area contributed by atoms with Gasteiger partial charge < -0.3 is 24.0 Å². The van der Waals surface area contributed by atoms with Crippen molar-refractivity contribution < 1.29 is 23.8 Å². The summed E-state index contributed by atoms with van der Waals surface area (Å²) in [6.07, 6.45) is 1.10. The van der Waals surface area contributed by atoms with E-state index < -0.39 is 23.8 Å². The van der Waals surface area contributed by atoms with Crippen LogP contribution in [0.3, 0.4) is 0 Å². The van der Waals surface area contributed by atoms with E-state index in [-0.39, 0.29) is 5.91 Å². The topological polar surface area (TPSA) is 92.1 Å². The van der Waals surface area contributed by atoms with Gasteiger partial charge in [0.05, 0.1) is 23.8 Å². The Morgan fingerprint density at radius 3 is 2.46 bits per heavy atom. The molecule has 8 nitrogen and oxygen atoms in total. The number of ether oxygens (including phenoxy) is 3. The van der Waals surface area contributed by atoms with Crippen molar-refractivity contribution in [2.24, 2.45) is 5.92 Å². The molecule has 0 bridgehead atoms. The van der Waals surface area contributed by atoms with Crippen molar-refractivity contribution in [2.75, 3.05) is 37.7 Å². The summed E-state index contributed by atoms with van der Waals surface area (Å²) in [4.78, 5) is 30.4. The van der Waals surface area contributed by atoms with Crippen molar-refractivity contribution in [3.05, 3.63) is 59.7 Å². The highest BCUT2D eigenvalue weighted by Gasteiger charge is 2.48. The van der Waals surface area contributed by atoms with Crippen LogP contribution in [0, 0.1) is 17.2 Å². The third-order valence-electron chi connectivity index (χ3n) is 6.84. The smallest absolute Gasteiger partial charge is 0.338 e. The van der Waals surface area contributed by atoms with Gasteiger partial charge >= 0.3 is 5.97 Å². The molecule has 0 N–H and O–H groups in total. The number of carbonyl (C=O) groups is 2. The van der Waals surface area contributed by atoms with E-state index in [1.165, 1.54) is 0 Å². The normalized spacial score (nSPS) is 19.7. The number of benzene rings is 2. The second kappa shape index (κ2) is 11.7. The second-order valence-corrected chi connectivity index (χ2v) is 9.88. The van der Waals surface area contributed by atoms with Gasteiger partial charge in [-0.3, -0.25) is 4.79 Å². The summed E-state index contributed by atoms with van der Waals surface area (Å²) >= 11 is 0. The first-order valence-electron chi connectivity index (χ1n) is 13.0. The largest absolute Gasteiger partial charge is 0.494 e. The van der Waals surface area contributed by atoms with Gasteiger partial charge in [-0.25, -0.2) is 4.79 Å². The molecule has 196 valence electrons. The van der Waals surface area contributed by atoms with E-state index in [0.717, 1.165) is 29.8 Å². The van der Waals surface area contributed by atoms with Crippen LogP contribution in [0.2, 0.25) is 0 Å². The molecule has 2 heterocycles. The van der Waals surface area contributed by atoms with Crippen LogP contribution in [0.1, 0.15) is 44.7 Å². The summed E-state index contributed by atoms with van der Waals surface area (Å²) in [6, 6.07) is 17.7. The standard InChI is InChI=1S/C29H35N3O5/c1-4-35-23-14-12-21(13-15-23)8-7-10-24(26-28(34)37-29(2,3)36-26)27(33)32-18-16-31(17-19-32)25-11-6-5-9-22(25)20-30/h5-6,9,11-15,24,26H,4,7-8,10,16-19H2,1-3H3.